The van der Waals surface area contributed by atoms with E-state index in [0.717, 1.165) is 16.9 Å². The number of carbonyl (C=O) groups excluding carboxylic acids is 1. The maximum Gasteiger partial charge on any atom is 0.269 e. The van der Waals surface area contributed by atoms with Crippen molar-refractivity contribution in [3.05, 3.63) is 80.5 Å². The van der Waals surface area contributed by atoms with Crippen LogP contribution in [-0.2, 0) is 11.3 Å². The van der Waals surface area contributed by atoms with E-state index in [1.807, 2.05) is 44.2 Å². The van der Waals surface area contributed by atoms with Crippen molar-refractivity contribution in [3.8, 4) is 5.69 Å². The number of nitrogens with zero attached hydrogens (tertiary/aromatic N) is 4. The topological polar surface area (TPSA) is 93.3 Å². The summed E-state index contributed by atoms with van der Waals surface area (Å²) in [6, 6.07) is 13.9. The molecule has 0 radical (unpaired) electrons. The summed E-state index contributed by atoms with van der Waals surface area (Å²) >= 11 is 6.16. The molecule has 1 aromatic heterocycles. The molecule has 156 valence electrons. The molecule has 0 unspecified atom stereocenters. The van der Waals surface area contributed by atoms with Gasteiger partial charge in [0.1, 0.15) is 5.82 Å². The molecule has 30 heavy (non-hydrogen) atoms. The fourth-order valence-electron chi connectivity index (χ4n) is 3.14. The van der Waals surface area contributed by atoms with Crippen LogP contribution in [0.1, 0.15) is 16.8 Å². The maximum atomic E-state index is 12.6. The largest absolute Gasteiger partial charge is 0.309 e. The summed E-state index contributed by atoms with van der Waals surface area (Å²) in [5.41, 5.74) is 3.25. The van der Waals surface area contributed by atoms with Gasteiger partial charge in [0.25, 0.3) is 5.69 Å². The summed E-state index contributed by atoms with van der Waals surface area (Å²) < 4.78 is 1.71. The van der Waals surface area contributed by atoms with Crippen LogP contribution in [0.2, 0.25) is 5.02 Å². The zero-order valence-electron chi connectivity index (χ0n) is 16.9. The lowest BCUT2D eigenvalue weighted by atomic mass is 10.2. The molecular formula is C21H22ClN5O3. The SMILES string of the molecule is Cc1cc(NC(=O)CN(C)Cc2cc([N+](=O)[O-])ccc2Cl)n(-c2ccccc2C)n1. The first-order valence-corrected chi connectivity index (χ1v) is 9.66. The van der Waals surface area contributed by atoms with Crippen LogP contribution in [0.15, 0.2) is 48.5 Å². The van der Waals surface area contributed by atoms with E-state index in [9.17, 15) is 14.9 Å². The number of likely N-dealkylation sites (N-methyl/N-ethyl adjacent to an activating group) is 1. The number of aromatic nitrogens is 2. The van der Waals surface area contributed by atoms with Gasteiger partial charge in [-0.25, -0.2) is 4.68 Å². The summed E-state index contributed by atoms with van der Waals surface area (Å²) in [6.45, 7) is 4.22. The molecule has 0 aliphatic heterocycles. The molecule has 0 saturated heterocycles. The molecule has 0 aliphatic rings. The number of para-hydroxylation sites is 1. The lowest BCUT2D eigenvalue weighted by Crippen LogP contribution is -2.30. The molecule has 0 aliphatic carbocycles. The number of hydrogen-bond acceptors (Lipinski definition) is 5. The minimum Gasteiger partial charge on any atom is -0.309 e. The monoisotopic (exact) mass is 427 g/mol. The lowest BCUT2D eigenvalue weighted by molar-refractivity contribution is -0.384. The number of aryl methyl sites for hydroxylation is 2. The molecule has 0 fully saturated rings. The Balaban J connectivity index is 1.70. The van der Waals surface area contributed by atoms with E-state index in [-0.39, 0.29) is 18.1 Å². The Morgan fingerprint density at radius 3 is 2.67 bits per heavy atom. The van der Waals surface area contributed by atoms with Crippen molar-refractivity contribution in [2.24, 2.45) is 0 Å². The number of nitrogens with one attached hydrogen (secondary N) is 1. The van der Waals surface area contributed by atoms with Crippen LogP contribution >= 0.6 is 11.6 Å². The number of anilines is 1. The van der Waals surface area contributed by atoms with Crippen molar-refractivity contribution in [2.75, 3.05) is 18.9 Å². The van der Waals surface area contributed by atoms with E-state index >= 15 is 0 Å². The molecule has 9 heteroatoms. The number of amides is 1. The number of hydrogen-bond donors (Lipinski definition) is 1. The Kier molecular flexibility index (Phi) is 6.49. The van der Waals surface area contributed by atoms with Crippen molar-refractivity contribution in [1.29, 1.82) is 0 Å². The van der Waals surface area contributed by atoms with Crippen LogP contribution < -0.4 is 5.32 Å². The van der Waals surface area contributed by atoms with Gasteiger partial charge in [0.15, 0.2) is 0 Å². The fourth-order valence-corrected chi connectivity index (χ4v) is 3.32. The number of nitro groups is 1. The van der Waals surface area contributed by atoms with Gasteiger partial charge in [-0.1, -0.05) is 29.8 Å². The highest BCUT2D eigenvalue weighted by atomic mass is 35.5. The number of benzene rings is 2. The van der Waals surface area contributed by atoms with E-state index in [4.69, 9.17) is 11.6 Å². The minimum absolute atomic E-state index is 0.0372. The van der Waals surface area contributed by atoms with Crippen LogP contribution in [0.25, 0.3) is 5.69 Å². The smallest absolute Gasteiger partial charge is 0.269 e. The second-order valence-electron chi connectivity index (χ2n) is 7.12. The van der Waals surface area contributed by atoms with Gasteiger partial charge in [-0.2, -0.15) is 5.10 Å². The minimum atomic E-state index is -0.471. The average Bonchev–Trinajstić information content (AvgIpc) is 3.03. The first-order valence-electron chi connectivity index (χ1n) is 9.28. The van der Waals surface area contributed by atoms with Crippen LogP contribution in [0, 0.1) is 24.0 Å². The number of rotatable bonds is 7. The van der Waals surface area contributed by atoms with Crippen molar-refractivity contribution in [3.63, 3.8) is 0 Å². The van der Waals surface area contributed by atoms with Crippen molar-refractivity contribution in [2.45, 2.75) is 20.4 Å². The Morgan fingerprint density at radius 2 is 1.97 bits per heavy atom. The van der Waals surface area contributed by atoms with Crippen molar-refractivity contribution in [1.82, 2.24) is 14.7 Å². The second kappa shape index (κ2) is 9.06. The summed E-state index contributed by atoms with van der Waals surface area (Å²) in [6.07, 6.45) is 0. The number of nitro benzene ring substituents is 1. The van der Waals surface area contributed by atoms with E-state index < -0.39 is 4.92 Å². The maximum absolute atomic E-state index is 12.6. The molecule has 2 aromatic carbocycles. The van der Waals surface area contributed by atoms with Gasteiger partial charge in [-0.05, 0) is 44.2 Å². The molecule has 3 rings (SSSR count). The van der Waals surface area contributed by atoms with Gasteiger partial charge in [-0.15, -0.1) is 0 Å². The number of halogens is 1. The fraction of sp³-hybridized carbons (Fsp3) is 0.238. The summed E-state index contributed by atoms with van der Waals surface area (Å²) in [5.74, 6) is 0.349. The van der Waals surface area contributed by atoms with Crippen LogP contribution in [0.4, 0.5) is 11.5 Å². The molecule has 1 heterocycles. The van der Waals surface area contributed by atoms with Gasteiger partial charge in [0, 0.05) is 29.8 Å². The highest BCUT2D eigenvalue weighted by Crippen LogP contribution is 2.23. The molecule has 0 atom stereocenters. The van der Waals surface area contributed by atoms with Gasteiger partial charge in [0.05, 0.1) is 22.8 Å². The van der Waals surface area contributed by atoms with E-state index in [0.29, 0.717) is 22.9 Å². The van der Waals surface area contributed by atoms with Crippen molar-refractivity contribution < 1.29 is 9.72 Å². The second-order valence-corrected chi connectivity index (χ2v) is 7.53. The standard InChI is InChI=1S/C21H22ClN5O3/c1-14-6-4-5-7-19(14)26-20(10-15(2)24-26)23-21(28)13-25(3)12-16-11-17(27(29)30)8-9-18(16)22/h4-11H,12-13H2,1-3H3,(H,23,28). The normalized spacial score (nSPS) is 11.0. The molecular weight excluding hydrogens is 406 g/mol. The molecule has 0 spiro atoms. The molecule has 1 N–H and O–H groups in total. The molecule has 0 bridgehead atoms. The van der Waals surface area contributed by atoms with Gasteiger partial charge in [0.2, 0.25) is 5.91 Å². The molecule has 3 aromatic rings. The first kappa shape index (κ1) is 21.5. The van der Waals surface area contributed by atoms with Gasteiger partial charge >= 0.3 is 0 Å². The van der Waals surface area contributed by atoms with E-state index in [2.05, 4.69) is 10.4 Å². The first-order chi connectivity index (χ1) is 14.2. The Morgan fingerprint density at radius 1 is 1.23 bits per heavy atom. The van der Waals surface area contributed by atoms with Crippen molar-refractivity contribution >= 4 is 29.0 Å². The third kappa shape index (κ3) is 5.03. The van der Waals surface area contributed by atoms with E-state index in [1.165, 1.54) is 18.2 Å². The third-order valence-corrected chi connectivity index (χ3v) is 4.91. The zero-order valence-corrected chi connectivity index (χ0v) is 17.7. The molecule has 1 amide bonds. The van der Waals surface area contributed by atoms with Crippen LogP contribution in [0.5, 0.6) is 0 Å². The number of non-ortho nitro benzene ring substituents is 1. The lowest BCUT2D eigenvalue weighted by Gasteiger charge is -2.17. The quantitative estimate of drug-likeness (QED) is 0.452. The van der Waals surface area contributed by atoms with Gasteiger partial charge < -0.3 is 5.32 Å². The van der Waals surface area contributed by atoms with Crippen LogP contribution in [0.3, 0.4) is 0 Å². The highest BCUT2D eigenvalue weighted by molar-refractivity contribution is 6.31. The zero-order chi connectivity index (χ0) is 21.8. The Bertz CT molecular complexity index is 1100. The predicted octanol–water partition coefficient (Wildman–Crippen LogP) is 4.12. The third-order valence-electron chi connectivity index (χ3n) is 4.54. The summed E-state index contributed by atoms with van der Waals surface area (Å²) in [7, 11) is 1.75. The molecule has 0 saturated carbocycles. The summed E-state index contributed by atoms with van der Waals surface area (Å²) in [5, 5.41) is 18.8. The molecule has 8 nitrogen and oxygen atoms in total. The highest BCUT2D eigenvalue weighted by Gasteiger charge is 2.16. The van der Waals surface area contributed by atoms with Gasteiger partial charge in [-0.3, -0.25) is 19.8 Å². The average molecular weight is 428 g/mol. The number of carbonyl (C=O) groups is 1. The van der Waals surface area contributed by atoms with Crippen LogP contribution in [-0.4, -0.2) is 39.1 Å². The van der Waals surface area contributed by atoms with E-state index in [1.54, 1.807) is 16.6 Å². The predicted molar refractivity (Wildman–Crippen MR) is 116 cm³/mol. The Labute approximate surface area is 179 Å². The summed E-state index contributed by atoms with van der Waals surface area (Å²) in [4.78, 5) is 24.9. The Hall–Kier alpha value is -3.23.